The van der Waals surface area contributed by atoms with Crippen LogP contribution in [0.25, 0.3) is 0 Å². The Bertz CT molecular complexity index is 451. The zero-order valence-electron chi connectivity index (χ0n) is 7.94. The van der Waals surface area contributed by atoms with Crippen molar-refractivity contribution in [3.8, 4) is 0 Å². The molecular weight excluding hydrogens is 202 g/mol. The Labute approximate surface area is 83.0 Å². The molecule has 0 aromatic heterocycles. The highest BCUT2D eigenvalue weighted by atomic mass is 32.2. The molecule has 0 fully saturated rings. The van der Waals surface area contributed by atoms with Crippen LogP contribution in [-0.4, -0.2) is 20.6 Å². The Morgan fingerprint density at radius 1 is 1.29 bits per heavy atom. The maximum atomic E-state index is 11.4. The van der Waals surface area contributed by atoms with Crippen LogP contribution in [0.4, 0.5) is 0 Å². The Balaban J connectivity index is 2.97. The van der Waals surface area contributed by atoms with Crippen LogP contribution in [0.1, 0.15) is 15.9 Å². The standard InChI is InChI=1S/C9H11NO3S/c1-7-5-3-4-6-8(7)9(11)10-14(2,12)13/h3-6H,1-2H3,(H,10,11). The van der Waals surface area contributed by atoms with E-state index in [0.717, 1.165) is 11.8 Å². The van der Waals surface area contributed by atoms with Gasteiger partial charge in [0.15, 0.2) is 0 Å². The van der Waals surface area contributed by atoms with Crippen LogP contribution in [0.15, 0.2) is 24.3 Å². The molecule has 0 bridgehead atoms. The van der Waals surface area contributed by atoms with Crippen LogP contribution < -0.4 is 4.72 Å². The molecule has 0 saturated carbocycles. The third-order valence-electron chi connectivity index (χ3n) is 1.67. The average Bonchev–Trinajstić information content (AvgIpc) is 2.01. The Kier molecular flexibility index (Phi) is 2.90. The molecule has 76 valence electrons. The van der Waals surface area contributed by atoms with Crippen molar-refractivity contribution in [2.75, 3.05) is 6.26 Å². The first-order chi connectivity index (χ1) is 6.40. The molecule has 1 aromatic rings. The normalized spacial score (nSPS) is 11.0. The molecule has 0 unspecified atom stereocenters. The molecule has 1 aromatic carbocycles. The van der Waals surface area contributed by atoms with Crippen LogP contribution in [0, 0.1) is 6.92 Å². The molecule has 5 heteroatoms. The first kappa shape index (κ1) is 10.7. The van der Waals surface area contributed by atoms with Crippen molar-refractivity contribution in [3.63, 3.8) is 0 Å². The minimum atomic E-state index is -3.49. The molecule has 0 spiro atoms. The van der Waals surface area contributed by atoms with E-state index < -0.39 is 15.9 Å². The van der Waals surface area contributed by atoms with Gasteiger partial charge in [0.2, 0.25) is 10.0 Å². The fraction of sp³-hybridized carbons (Fsp3) is 0.222. The van der Waals surface area contributed by atoms with Crippen molar-refractivity contribution < 1.29 is 13.2 Å². The predicted molar refractivity (Wildman–Crippen MR) is 53.5 cm³/mol. The van der Waals surface area contributed by atoms with Gasteiger partial charge in [0, 0.05) is 5.56 Å². The summed E-state index contributed by atoms with van der Waals surface area (Å²) in [5.41, 5.74) is 1.12. The lowest BCUT2D eigenvalue weighted by Gasteiger charge is -2.04. The highest BCUT2D eigenvalue weighted by Gasteiger charge is 2.12. The SMILES string of the molecule is Cc1ccccc1C(=O)NS(C)(=O)=O. The zero-order chi connectivity index (χ0) is 10.8. The molecule has 0 atom stereocenters. The number of aryl methyl sites for hydroxylation is 1. The number of rotatable bonds is 2. The highest BCUT2D eigenvalue weighted by molar-refractivity contribution is 7.89. The van der Waals surface area contributed by atoms with E-state index in [1.165, 1.54) is 0 Å². The minimum absolute atomic E-state index is 0.373. The smallest absolute Gasteiger partial charge is 0.264 e. The number of nitrogens with one attached hydrogen (secondary N) is 1. The third kappa shape index (κ3) is 2.85. The van der Waals surface area contributed by atoms with Crippen molar-refractivity contribution in [3.05, 3.63) is 35.4 Å². The number of benzene rings is 1. The van der Waals surface area contributed by atoms with Gasteiger partial charge in [-0.3, -0.25) is 4.79 Å². The molecule has 0 heterocycles. The summed E-state index contributed by atoms with van der Waals surface area (Å²) < 4.78 is 23.5. The third-order valence-corrected chi connectivity index (χ3v) is 2.22. The van der Waals surface area contributed by atoms with Gasteiger partial charge in [-0.1, -0.05) is 18.2 Å². The number of hydrogen-bond acceptors (Lipinski definition) is 3. The molecular formula is C9H11NO3S. The topological polar surface area (TPSA) is 63.2 Å². The summed E-state index contributed by atoms with van der Waals surface area (Å²) >= 11 is 0. The summed E-state index contributed by atoms with van der Waals surface area (Å²) in [6.07, 6.45) is 0.948. The second kappa shape index (κ2) is 3.79. The van der Waals surface area contributed by atoms with Crippen LogP contribution in [0.3, 0.4) is 0 Å². The van der Waals surface area contributed by atoms with Gasteiger partial charge in [0.25, 0.3) is 5.91 Å². The monoisotopic (exact) mass is 213 g/mol. The zero-order valence-corrected chi connectivity index (χ0v) is 8.76. The summed E-state index contributed by atoms with van der Waals surface area (Å²) in [6, 6.07) is 6.80. The number of carbonyl (C=O) groups excluding carboxylic acids is 1. The molecule has 14 heavy (non-hydrogen) atoms. The Hall–Kier alpha value is -1.36. The largest absolute Gasteiger partial charge is 0.268 e. The average molecular weight is 213 g/mol. The van der Waals surface area contributed by atoms with Gasteiger partial charge >= 0.3 is 0 Å². The predicted octanol–water partition coefficient (Wildman–Crippen LogP) is 0.684. The molecule has 0 aliphatic heterocycles. The quantitative estimate of drug-likeness (QED) is 0.786. The summed E-state index contributed by atoms with van der Waals surface area (Å²) in [5, 5.41) is 0. The van der Waals surface area contributed by atoms with E-state index in [9.17, 15) is 13.2 Å². The fourth-order valence-corrected chi connectivity index (χ4v) is 1.50. The van der Waals surface area contributed by atoms with E-state index in [1.54, 1.807) is 31.2 Å². The van der Waals surface area contributed by atoms with E-state index in [4.69, 9.17) is 0 Å². The van der Waals surface area contributed by atoms with Crippen LogP contribution >= 0.6 is 0 Å². The first-order valence-electron chi connectivity index (χ1n) is 3.98. The van der Waals surface area contributed by atoms with E-state index in [0.29, 0.717) is 5.56 Å². The van der Waals surface area contributed by atoms with Crippen molar-refractivity contribution in [1.29, 1.82) is 0 Å². The lowest BCUT2D eigenvalue weighted by Crippen LogP contribution is -2.29. The molecule has 4 nitrogen and oxygen atoms in total. The molecule has 0 radical (unpaired) electrons. The summed E-state index contributed by atoms with van der Waals surface area (Å²) in [4.78, 5) is 11.4. The molecule has 1 rings (SSSR count). The highest BCUT2D eigenvalue weighted by Crippen LogP contribution is 2.06. The van der Waals surface area contributed by atoms with Gasteiger partial charge in [-0.05, 0) is 18.6 Å². The van der Waals surface area contributed by atoms with Crippen LogP contribution in [0.5, 0.6) is 0 Å². The van der Waals surface area contributed by atoms with Gasteiger partial charge < -0.3 is 0 Å². The molecule has 0 saturated heterocycles. The van der Waals surface area contributed by atoms with Gasteiger partial charge in [0.05, 0.1) is 6.26 Å². The van der Waals surface area contributed by atoms with Crippen molar-refractivity contribution in [1.82, 2.24) is 4.72 Å². The van der Waals surface area contributed by atoms with Gasteiger partial charge in [0.1, 0.15) is 0 Å². The fourth-order valence-electron chi connectivity index (χ4n) is 1.05. The summed E-state index contributed by atoms with van der Waals surface area (Å²) in [5.74, 6) is -0.592. The maximum absolute atomic E-state index is 11.4. The number of sulfonamides is 1. The second-order valence-corrected chi connectivity index (χ2v) is 4.77. The lowest BCUT2D eigenvalue weighted by atomic mass is 10.1. The molecule has 1 amide bonds. The summed E-state index contributed by atoms with van der Waals surface area (Å²) in [6.45, 7) is 1.75. The van der Waals surface area contributed by atoms with Gasteiger partial charge in [-0.15, -0.1) is 0 Å². The second-order valence-electron chi connectivity index (χ2n) is 3.02. The molecule has 0 aliphatic rings. The summed E-state index contributed by atoms with van der Waals surface area (Å²) in [7, 11) is -3.49. The number of amides is 1. The molecule has 1 N–H and O–H groups in total. The van der Waals surface area contributed by atoms with Crippen LogP contribution in [-0.2, 0) is 10.0 Å². The maximum Gasteiger partial charge on any atom is 0.264 e. The van der Waals surface area contributed by atoms with Crippen molar-refractivity contribution in [2.24, 2.45) is 0 Å². The van der Waals surface area contributed by atoms with Gasteiger partial charge in [-0.2, -0.15) is 0 Å². The van der Waals surface area contributed by atoms with E-state index in [-0.39, 0.29) is 0 Å². The van der Waals surface area contributed by atoms with Crippen molar-refractivity contribution in [2.45, 2.75) is 6.92 Å². The Morgan fingerprint density at radius 2 is 1.86 bits per heavy atom. The first-order valence-corrected chi connectivity index (χ1v) is 5.87. The van der Waals surface area contributed by atoms with Gasteiger partial charge in [-0.25, -0.2) is 13.1 Å². The van der Waals surface area contributed by atoms with Crippen molar-refractivity contribution >= 4 is 15.9 Å². The van der Waals surface area contributed by atoms with E-state index in [1.807, 2.05) is 4.72 Å². The number of hydrogen-bond donors (Lipinski definition) is 1. The minimum Gasteiger partial charge on any atom is -0.268 e. The molecule has 0 aliphatic carbocycles. The van der Waals surface area contributed by atoms with Crippen LogP contribution in [0.2, 0.25) is 0 Å². The lowest BCUT2D eigenvalue weighted by molar-refractivity contribution is 0.0981. The van der Waals surface area contributed by atoms with E-state index >= 15 is 0 Å². The van der Waals surface area contributed by atoms with E-state index in [2.05, 4.69) is 0 Å². The number of carbonyl (C=O) groups is 1. The Morgan fingerprint density at radius 3 is 2.36 bits per heavy atom.